The van der Waals surface area contributed by atoms with Gasteiger partial charge in [0.15, 0.2) is 0 Å². The van der Waals surface area contributed by atoms with E-state index in [-0.39, 0.29) is 6.10 Å². The Hall–Kier alpha value is -1.33. The van der Waals surface area contributed by atoms with Crippen molar-refractivity contribution in [3.8, 4) is 5.88 Å². The van der Waals surface area contributed by atoms with E-state index in [0.29, 0.717) is 25.1 Å². The number of ether oxygens (including phenoxy) is 2. The predicted octanol–water partition coefficient (Wildman–Crippen LogP) is 0.643. The minimum atomic E-state index is 0.0826. The van der Waals surface area contributed by atoms with Gasteiger partial charge in [-0.2, -0.15) is 4.98 Å². The smallest absolute Gasteiger partial charge is 0.214 e. The molecule has 2 heterocycles. The number of rotatable bonds is 3. The summed E-state index contributed by atoms with van der Waals surface area (Å²) in [5.41, 5.74) is 5.65. The molecule has 0 amide bonds. The molecule has 5 nitrogen and oxygen atoms in total. The zero-order valence-electron chi connectivity index (χ0n) is 10.3. The zero-order valence-corrected chi connectivity index (χ0v) is 10.3. The first-order valence-corrected chi connectivity index (χ1v) is 5.84. The molecule has 2 N–H and O–H groups in total. The first-order valence-electron chi connectivity index (χ1n) is 5.84. The van der Waals surface area contributed by atoms with Gasteiger partial charge in [-0.1, -0.05) is 6.07 Å². The van der Waals surface area contributed by atoms with Crippen molar-refractivity contribution in [2.75, 3.05) is 31.7 Å². The first kappa shape index (κ1) is 12.1. The Kier molecular flexibility index (Phi) is 3.81. The molecule has 2 rings (SSSR count). The number of pyridine rings is 1. The lowest BCUT2D eigenvalue weighted by atomic mass is 10.2. The molecule has 0 bridgehead atoms. The predicted molar refractivity (Wildman–Crippen MR) is 66.4 cm³/mol. The Balaban J connectivity index is 2.18. The van der Waals surface area contributed by atoms with Gasteiger partial charge in [0.25, 0.3) is 0 Å². The summed E-state index contributed by atoms with van der Waals surface area (Å²) in [5.74, 6) is 1.55. The third kappa shape index (κ3) is 2.68. The van der Waals surface area contributed by atoms with Crippen LogP contribution in [0.1, 0.15) is 6.92 Å². The van der Waals surface area contributed by atoms with Crippen LogP contribution in [0, 0.1) is 0 Å². The molecule has 0 aliphatic carbocycles. The van der Waals surface area contributed by atoms with E-state index in [0.717, 1.165) is 12.4 Å². The Morgan fingerprint density at radius 3 is 3.12 bits per heavy atom. The van der Waals surface area contributed by atoms with Gasteiger partial charge in [-0.25, -0.2) is 0 Å². The third-order valence-corrected chi connectivity index (χ3v) is 2.98. The highest BCUT2D eigenvalue weighted by molar-refractivity contribution is 5.42. The molecular formula is C12H19N3O2. The molecule has 1 fully saturated rings. The molecule has 2 atom stereocenters. The van der Waals surface area contributed by atoms with Crippen molar-refractivity contribution in [2.45, 2.75) is 19.1 Å². The average molecular weight is 237 g/mol. The molecule has 17 heavy (non-hydrogen) atoms. The molecule has 0 saturated carbocycles. The first-order chi connectivity index (χ1) is 8.24. The number of nitrogens with two attached hydrogens (primary N) is 1. The highest BCUT2D eigenvalue weighted by atomic mass is 16.5. The van der Waals surface area contributed by atoms with Crippen LogP contribution in [0.25, 0.3) is 0 Å². The Bertz CT molecular complexity index is 373. The summed E-state index contributed by atoms with van der Waals surface area (Å²) in [6, 6.07) is 6.07. The highest BCUT2D eigenvalue weighted by Gasteiger charge is 2.26. The number of methoxy groups -OCH3 is 1. The summed E-state index contributed by atoms with van der Waals surface area (Å²) in [4.78, 5) is 6.65. The van der Waals surface area contributed by atoms with Crippen molar-refractivity contribution in [1.82, 2.24) is 4.98 Å². The summed E-state index contributed by atoms with van der Waals surface area (Å²) in [7, 11) is 1.62. The molecule has 1 aliphatic rings. The normalized spacial score (nSPS) is 24.8. The summed E-state index contributed by atoms with van der Waals surface area (Å²) in [6.45, 7) is 4.11. The second-order valence-electron chi connectivity index (χ2n) is 4.23. The standard InChI is InChI=1S/C12H19N3O2/c1-9-8-17-10(6-13)7-15(9)11-4-3-5-12(14-11)16-2/h3-5,9-10H,6-8,13H2,1-2H3. The van der Waals surface area contributed by atoms with Crippen molar-refractivity contribution in [3.05, 3.63) is 18.2 Å². The van der Waals surface area contributed by atoms with E-state index < -0.39 is 0 Å². The van der Waals surface area contributed by atoms with Crippen LogP contribution in [0.4, 0.5) is 5.82 Å². The minimum Gasteiger partial charge on any atom is -0.481 e. The summed E-state index contributed by atoms with van der Waals surface area (Å²) >= 11 is 0. The van der Waals surface area contributed by atoms with Crippen LogP contribution in [0.3, 0.4) is 0 Å². The van der Waals surface area contributed by atoms with Crippen molar-refractivity contribution in [2.24, 2.45) is 5.73 Å². The van der Waals surface area contributed by atoms with E-state index in [1.807, 2.05) is 18.2 Å². The fourth-order valence-corrected chi connectivity index (χ4v) is 1.96. The lowest BCUT2D eigenvalue weighted by molar-refractivity contribution is 0.0279. The zero-order chi connectivity index (χ0) is 12.3. The van der Waals surface area contributed by atoms with Crippen LogP contribution in [-0.4, -0.2) is 43.9 Å². The fraction of sp³-hybridized carbons (Fsp3) is 0.583. The molecule has 94 valence electrons. The lowest BCUT2D eigenvalue weighted by Gasteiger charge is -2.38. The van der Waals surface area contributed by atoms with E-state index in [1.54, 1.807) is 7.11 Å². The summed E-state index contributed by atoms with van der Waals surface area (Å²) in [6.07, 6.45) is 0.0826. The summed E-state index contributed by atoms with van der Waals surface area (Å²) < 4.78 is 10.8. The molecule has 1 saturated heterocycles. The van der Waals surface area contributed by atoms with Gasteiger partial charge < -0.3 is 20.1 Å². The minimum absolute atomic E-state index is 0.0826. The van der Waals surface area contributed by atoms with Gasteiger partial charge in [-0.15, -0.1) is 0 Å². The molecule has 0 radical (unpaired) electrons. The number of aromatic nitrogens is 1. The SMILES string of the molecule is COc1cccc(N2CC(CN)OCC2C)n1. The van der Waals surface area contributed by atoms with Crippen LogP contribution < -0.4 is 15.4 Å². The second-order valence-corrected chi connectivity index (χ2v) is 4.23. The van der Waals surface area contributed by atoms with Gasteiger partial charge >= 0.3 is 0 Å². The Morgan fingerprint density at radius 1 is 1.59 bits per heavy atom. The monoisotopic (exact) mass is 237 g/mol. The highest BCUT2D eigenvalue weighted by Crippen LogP contribution is 2.21. The number of anilines is 1. The van der Waals surface area contributed by atoms with Crippen LogP contribution in [0.5, 0.6) is 5.88 Å². The number of morpholine rings is 1. The topological polar surface area (TPSA) is 60.6 Å². The van der Waals surface area contributed by atoms with E-state index in [4.69, 9.17) is 15.2 Å². The maximum absolute atomic E-state index is 5.65. The van der Waals surface area contributed by atoms with Gasteiger partial charge in [0.2, 0.25) is 5.88 Å². The van der Waals surface area contributed by atoms with Crippen molar-refractivity contribution >= 4 is 5.82 Å². The quantitative estimate of drug-likeness (QED) is 0.836. The molecular weight excluding hydrogens is 218 g/mol. The molecule has 0 spiro atoms. The second kappa shape index (κ2) is 5.33. The van der Waals surface area contributed by atoms with Crippen LogP contribution >= 0.6 is 0 Å². The average Bonchev–Trinajstić information content (AvgIpc) is 2.39. The number of nitrogens with zero attached hydrogens (tertiary/aromatic N) is 2. The Labute approximate surface area is 102 Å². The van der Waals surface area contributed by atoms with Crippen LogP contribution in [0.15, 0.2) is 18.2 Å². The fourth-order valence-electron chi connectivity index (χ4n) is 1.96. The Morgan fingerprint density at radius 2 is 2.41 bits per heavy atom. The molecule has 1 aliphatic heterocycles. The lowest BCUT2D eigenvalue weighted by Crippen LogP contribution is -2.51. The van der Waals surface area contributed by atoms with E-state index in [9.17, 15) is 0 Å². The summed E-state index contributed by atoms with van der Waals surface area (Å²) in [5, 5.41) is 0. The van der Waals surface area contributed by atoms with Gasteiger partial charge in [-0.3, -0.25) is 0 Å². The van der Waals surface area contributed by atoms with Crippen LogP contribution in [0.2, 0.25) is 0 Å². The molecule has 1 aromatic heterocycles. The number of hydrogen-bond acceptors (Lipinski definition) is 5. The van der Waals surface area contributed by atoms with E-state index in [1.165, 1.54) is 0 Å². The largest absolute Gasteiger partial charge is 0.481 e. The molecule has 5 heteroatoms. The van der Waals surface area contributed by atoms with Gasteiger partial charge in [-0.05, 0) is 13.0 Å². The van der Waals surface area contributed by atoms with Gasteiger partial charge in [0, 0.05) is 19.2 Å². The molecule has 2 unspecified atom stereocenters. The number of hydrogen-bond donors (Lipinski definition) is 1. The molecule has 1 aromatic rings. The molecule has 0 aromatic carbocycles. The van der Waals surface area contributed by atoms with Crippen molar-refractivity contribution in [3.63, 3.8) is 0 Å². The maximum atomic E-state index is 5.65. The van der Waals surface area contributed by atoms with E-state index >= 15 is 0 Å². The maximum Gasteiger partial charge on any atom is 0.214 e. The van der Waals surface area contributed by atoms with Crippen molar-refractivity contribution in [1.29, 1.82) is 0 Å². The third-order valence-electron chi connectivity index (χ3n) is 2.98. The van der Waals surface area contributed by atoms with Crippen molar-refractivity contribution < 1.29 is 9.47 Å². The van der Waals surface area contributed by atoms with Crippen LogP contribution in [-0.2, 0) is 4.74 Å². The van der Waals surface area contributed by atoms with Gasteiger partial charge in [0.1, 0.15) is 5.82 Å². The van der Waals surface area contributed by atoms with Gasteiger partial charge in [0.05, 0.1) is 25.9 Å². The van der Waals surface area contributed by atoms with E-state index in [2.05, 4.69) is 16.8 Å².